The van der Waals surface area contributed by atoms with Gasteiger partial charge in [-0.3, -0.25) is 4.79 Å². The van der Waals surface area contributed by atoms with Crippen molar-refractivity contribution in [3.8, 4) is 0 Å². The van der Waals surface area contributed by atoms with Crippen molar-refractivity contribution >= 4 is 5.97 Å². The van der Waals surface area contributed by atoms with Crippen LogP contribution in [-0.4, -0.2) is 23.7 Å². The monoisotopic (exact) mass is 184 g/mol. The maximum Gasteiger partial charge on any atom is 0.321 e. The van der Waals surface area contributed by atoms with Gasteiger partial charge in [0.1, 0.15) is 11.8 Å². The van der Waals surface area contributed by atoms with E-state index in [1.807, 2.05) is 0 Å². The Balaban J connectivity index is 2.18. The SMILES string of the molecule is NC(CNCc1ccco1)C(=O)O. The normalized spacial score (nSPS) is 12.7. The summed E-state index contributed by atoms with van der Waals surface area (Å²) in [4.78, 5) is 10.3. The van der Waals surface area contributed by atoms with E-state index < -0.39 is 12.0 Å². The number of carboxylic acids is 1. The summed E-state index contributed by atoms with van der Waals surface area (Å²) >= 11 is 0. The van der Waals surface area contributed by atoms with Gasteiger partial charge in [-0.05, 0) is 12.1 Å². The quantitative estimate of drug-likeness (QED) is 0.588. The van der Waals surface area contributed by atoms with E-state index in [2.05, 4.69) is 5.32 Å². The molecule has 5 heteroatoms. The highest BCUT2D eigenvalue weighted by molar-refractivity contribution is 5.73. The molecule has 0 bridgehead atoms. The minimum atomic E-state index is -1.01. The van der Waals surface area contributed by atoms with Crippen LogP contribution in [0.5, 0.6) is 0 Å². The van der Waals surface area contributed by atoms with Crippen LogP contribution >= 0.6 is 0 Å². The molecule has 1 atom stereocenters. The molecule has 0 aliphatic carbocycles. The van der Waals surface area contributed by atoms with Gasteiger partial charge >= 0.3 is 5.97 Å². The fourth-order valence-electron chi connectivity index (χ4n) is 0.851. The fourth-order valence-corrected chi connectivity index (χ4v) is 0.851. The lowest BCUT2D eigenvalue weighted by atomic mass is 10.3. The molecule has 1 unspecified atom stereocenters. The highest BCUT2D eigenvalue weighted by Crippen LogP contribution is 1.97. The molecule has 0 radical (unpaired) electrons. The standard InChI is InChI=1S/C8H12N2O3/c9-7(8(11)12)5-10-4-6-2-1-3-13-6/h1-3,7,10H,4-5,9H2,(H,11,12). The van der Waals surface area contributed by atoms with Gasteiger partial charge in [-0.2, -0.15) is 0 Å². The largest absolute Gasteiger partial charge is 0.480 e. The predicted octanol–water partition coefficient (Wildman–Crippen LogP) is -0.219. The second-order valence-corrected chi connectivity index (χ2v) is 2.65. The van der Waals surface area contributed by atoms with Crippen LogP contribution in [0.4, 0.5) is 0 Å². The van der Waals surface area contributed by atoms with Crippen molar-refractivity contribution in [1.82, 2.24) is 5.32 Å². The lowest BCUT2D eigenvalue weighted by Gasteiger charge is -2.06. The van der Waals surface area contributed by atoms with Gasteiger partial charge in [-0.1, -0.05) is 0 Å². The molecule has 0 saturated carbocycles. The summed E-state index contributed by atoms with van der Waals surface area (Å²) < 4.78 is 5.03. The maximum absolute atomic E-state index is 10.3. The summed E-state index contributed by atoms with van der Waals surface area (Å²) in [6.45, 7) is 0.726. The first-order chi connectivity index (χ1) is 6.20. The Labute approximate surface area is 75.5 Å². The van der Waals surface area contributed by atoms with Crippen LogP contribution in [0.3, 0.4) is 0 Å². The first-order valence-electron chi connectivity index (χ1n) is 3.91. The Morgan fingerprint density at radius 1 is 1.77 bits per heavy atom. The van der Waals surface area contributed by atoms with Crippen molar-refractivity contribution in [2.75, 3.05) is 6.54 Å². The molecule has 4 N–H and O–H groups in total. The van der Waals surface area contributed by atoms with Crippen LogP contribution in [0.25, 0.3) is 0 Å². The minimum absolute atomic E-state index is 0.232. The molecule has 72 valence electrons. The van der Waals surface area contributed by atoms with Crippen LogP contribution < -0.4 is 11.1 Å². The average molecular weight is 184 g/mol. The van der Waals surface area contributed by atoms with Gasteiger partial charge in [0.25, 0.3) is 0 Å². The Morgan fingerprint density at radius 3 is 3.08 bits per heavy atom. The van der Waals surface area contributed by atoms with Crippen LogP contribution in [0.15, 0.2) is 22.8 Å². The van der Waals surface area contributed by atoms with Gasteiger partial charge in [-0.15, -0.1) is 0 Å². The van der Waals surface area contributed by atoms with Gasteiger partial charge in [0.05, 0.1) is 12.8 Å². The molecule has 1 aromatic rings. The Kier molecular flexibility index (Phi) is 3.48. The molecule has 0 amide bonds. The number of carbonyl (C=O) groups is 1. The zero-order valence-electron chi connectivity index (χ0n) is 7.06. The summed E-state index contributed by atoms with van der Waals surface area (Å²) in [6.07, 6.45) is 1.56. The second kappa shape index (κ2) is 4.64. The van der Waals surface area contributed by atoms with Crippen LogP contribution in [-0.2, 0) is 11.3 Å². The zero-order valence-corrected chi connectivity index (χ0v) is 7.06. The number of hydrogen-bond acceptors (Lipinski definition) is 4. The van der Waals surface area contributed by atoms with E-state index in [4.69, 9.17) is 15.3 Å². The molecule has 0 spiro atoms. The third-order valence-electron chi connectivity index (χ3n) is 1.56. The van der Waals surface area contributed by atoms with Gasteiger partial charge < -0.3 is 20.6 Å². The number of nitrogens with two attached hydrogens (primary N) is 1. The van der Waals surface area contributed by atoms with E-state index in [1.165, 1.54) is 0 Å². The molecule has 0 aliphatic heterocycles. The van der Waals surface area contributed by atoms with E-state index in [1.54, 1.807) is 18.4 Å². The summed E-state index contributed by atoms with van der Waals surface area (Å²) in [5, 5.41) is 11.3. The summed E-state index contributed by atoms with van der Waals surface area (Å²) in [5.41, 5.74) is 5.26. The molecule has 5 nitrogen and oxygen atoms in total. The first-order valence-corrected chi connectivity index (χ1v) is 3.91. The maximum atomic E-state index is 10.3. The number of furan rings is 1. The van der Waals surface area contributed by atoms with E-state index in [-0.39, 0.29) is 6.54 Å². The highest BCUT2D eigenvalue weighted by atomic mass is 16.4. The highest BCUT2D eigenvalue weighted by Gasteiger charge is 2.09. The van der Waals surface area contributed by atoms with Gasteiger partial charge in [0, 0.05) is 6.54 Å². The lowest BCUT2D eigenvalue weighted by Crippen LogP contribution is -2.39. The van der Waals surface area contributed by atoms with E-state index in [0.717, 1.165) is 5.76 Å². The smallest absolute Gasteiger partial charge is 0.321 e. The average Bonchev–Trinajstić information content (AvgIpc) is 2.56. The predicted molar refractivity (Wildman–Crippen MR) is 46.0 cm³/mol. The first kappa shape index (κ1) is 9.76. The Bertz CT molecular complexity index is 258. The molecule has 0 aromatic carbocycles. The number of aliphatic carboxylic acids is 1. The molecule has 1 rings (SSSR count). The van der Waals surface area contributed by atoms with Crippen molar-refractivity contribution in [3.63, 3.8) is 0 Å². The summed E-state index contributed by atoms with van der Waals surface area (Å²) in [5.74, 6) is -0.246. The topological polar surface area (TPSA) is 88.5 Å². The van der Waals surface area contributed by atoms with Crippen molar-refractivity contribution in [3.05, 3.63) is 24.2 Å². The zero-order chi connectivity index (χ0) is 9.68. The Hall–Kier alpha value is -1.33. The number of hydrogen-bond donors (Lipinski definition) is 3. The van der Waals surface area contributed by atoms with Crippen molar-refractivity contribution in [2.45, 2.75) is 12.6 Å². The third-order valence-corrected chi connectivity index (χ3v) is 1.56. The summed E-state index contributed by atoms with van der Waals surface area (Å²) in [6, 6.07) is 2.71. The van der Waals surface area contributed by atoms with E-state index in [0.29, 0.717) is 6.54 Å². The molecule has 1 heterocycles. The van der Waals surface area contributed by atoms with E-state index >= 15 is 0 Å². The van der Waals surface area contributed by atoms with Gasteiger partial charge in [0.15, 0.2) is 0 Å². The van der Waals surface area contributed by atoms with Crippen LogP contribution in [0.2, 0.25) is 0 Å². The van der Waals surface area contributed by atoms with Crippen molar-refractivity contribution in [2.24, 2.45) is 5.73 Å². The van der Waals surface area contributed by atoms with Crippen molar-refractivity contribution in [1.29, 1.82) is 0 Å². The van der Waals surface area contributed by atoms with E-state index in [9.17, 15) is 4.79 Å². The number of rotatable bonds is 5. The van der Waals surface area contributed by atoms with Gasteiger partial charge in [-0.25, -0.2) is 0 Å². The number of carboxylic acid groups (broad SMARTS) is 1. The number of nitrogens with one attached hydrogen (secondary N) is 1. The van der Waals surface area contributed by atoms with Crippen LogP contribution in [0, 0.1) is 0 Å². The lowest BCUT2D eigenvalue weighted by molar-refractivity contribution is -0.138. The third kappa shape index (κ3) is 3.27. The second-order valence-electron chi connectivity index (χ2n) is 2.65. The van der Waals surface area contributed by atoms with Gasteiger partial charge in [0.2, 0.25) is 0 Å². The molecule has 0 saturated heterocycles. The molecule has 13 heavy (non-hydrogen) atoms. The fraction of sp³-hybridized carbons (Fsp3) is 0.375. The molecule has 0 aliphatic rings. The van der Waals surface area contributed by atoms with Crippen molar-refractivity contribution < 1.29 is 14.3 Å². The molecule has 1 aromatic heterocycles. The van der Waals surface area contributed by atoms with Crippen LogP contribution in [0.1, 0.15) is 5.76 Å². The summed E-state index contributed by atoms with van der Waals surface area (Å²) in [7, 11) is 0. The minimum Gasteiger partial charge on any atom is -0.480 e. The molecular weight excluding hydrogens is 172 g/mol. The Morgan fingerprint density at radius 2 is 2.54 bits per heavy atom. The molecule has 0 fully saturated rings. The molecular formula is C8H12N2O3.